The van der Waals surface area contributed by atoms with Crippen molar-refractivity contribution in [1.29, 1.82) is 0 Å². The van der Waals surface area contributed by atoms with Gasteiger partial charge in [-0.1, -0.05) is 23.2 Å². The molecule has 10 heteroatoms. The number of anilines is 1. The van der Waals surface area contributed by atoms with Crippen molar-refractivity contribution in [3.05, 3.63) is 46.0 Å². The highest BCUT2D eigenvalue weighted by Crippen LogP contribution is 2.33. The van der Waals surface area contributed by atoms with Crippen LogP contribution in [0.1, 0.15) is 10.5 Å². The first-order valence-electron chi connectivity index (χ1n) is 5.30. The summed E-state index contributed by atoms with van der Waals surface area (Å²) in [7, 11) is -4.12. The minimum absolute atomic E-state index is 0.196. The average Bonchev–Trinajstić information content (AvgIpc) is 2.84. The van der Waals surface area contributed by atoms with E-state index in [-0.39, 0.29) is 26.3 Å². The van der Waals surface area contributed by atoms with E-state index in [2.05, 4.69) is 9.71 Å². The fourth-order valence-electron chi connectivity index (χ4n) is 1.49. The molecule has 0 saturated heterocycles. The van der Waals surface area contributed by atoms with E-state index in [1.165, 1.54) is 0 Å². The molecule has 6 nitrogen and oxygen atoms in total. The molecule has 1 aromatic carbocycles. The molecule has 0 aliphatic rings. The molecule has 0 amide bonds. The van der Waals surface area contributed by atoms with Crippen molar-refractivity contribution >= 4 is 44.9 Å². The molecular weight excluding hydrogens is 346 g/mol. The van der Waals surface area contributed by atoms with Crippen LogP contribution in [0.15, 0.2) is 29.3 Å². The Morgan fingerprint density at radius 1 is 1.24 bits per heavy atom. The van der Waals surface area contributed by atoms with Gasteiger partial charge < -0.3 is 10.1 Å². The predicted octanol–water partition coefficient (Wildman–Crippen LogP) is 2.96. The fourth-order valence-corrected chi connectivity index (χ4v) is 3.25. The number of carboxylic acid groups (broad SMARTS) is 1. The van der Waals surface area contributed by atoms with Gasteiger partial charge in [-0.25, -0.2) is 17.6 Å². The molecule has 0 bridgehead atoms. The molecule has 0 unspecified atom stereocenters. The summed E-state index contributed by atoms with van der Waals surface area (Å²) in [5, 5.41) is 8.29. The SMILES string of the molecule is O=C(O)c1cc(S(=O)(=O)Nc2c(Cl)cc(F)cc2Cl)c[nH]1. The van der Waals surface area contributed by atoms with Gasteiger partial charge in [0.05, 0.1) is 15.7 Å². The van der Waals surface area contributed by atoms with Crippen molar-refractivity contribution in [2.24, 2.45) is 0 Å². The number of carboxylic acids is 1. The second-order valence-electron chi connectivity index (χ2n) is 3.90. The summed E-state index contributed by atoms with van der Waals surface area (Å²) in [5.41, 5.74) is -0.496. The monoisotopic (exact) mass is 352 g/mol. The smallest absolute Gasteiger partial charge is 0.352 e. The van der Waals surface area contributed by atoms with Crippen LogP contribution in [-0.2, 0) is 10.0 Å². The van der Waals surface area contributed by atoms with Crippen LogP contribution in [0.4, 0.5) is 10.1 Å². The molecule has 2 rings (SSSR count). The normalized spacial score (nSPS) is 11.4. The maximum absolute atomic E-state index is 13.0. The molecule has 0 spiro atoms. The lowest BCUT2D eigenvalue weighted by Gasteiger charge is -2.10. The number of aromatic carboxylic acids is 1. The van der Waals surface area contributed by atoms with Gasteiger partial charge >= 0.3 is 5.97 Å². The maximum Gasteiger partial charge on any atom is 0.352 e. The number of halogens is 3. The average molecular weight is 353 g/mol. The van der Waals surface area contributed by atoms with Crippen LogP contribution in [0.25, 0.3) is 0 Å². The topological polar surface area (TPSA) is 99.3 Å². The molecule has 0 radical (unpaired) electrons. The Kier molecular flexibility index (Phi) is 4.13. The lowest BCUT2D eigenvalue weighted by Crippen LogP contribution is -2.13. The second kappa shape index (κ2) is 5.55. The van der Waals surface area contributed by atoms with E-state index in [9.17, 15) is 17.6 Å². The summed E-state index contributed by atoms with van der Waals surface area (Å²) in [5.74, 6) is -2.03. The molecule has 0 aliphatic heterocycles. The van der Waals surface area contributed by atoms with Crippen LogP contribution in [0.3, 0.4) is 0 Å². The van der Waals surface area contributed by atoms with Crippen molar-refractivity contribution in [2.45, 2.75) is 4.90 Å². The Labute approximate surface area is 128 Å². The number of aromatic nitrogens is 1. The van der Waals surface area contributed by atoms with Gasteiger partial charge in [-0.15, -0.1) is 0 Å². The number of rotatable bonds is 4. The van der Waals surface area contributed by atoms with Gasteiger partial charge in [0.15, 0.2) is 0 Å². The molecule has 1 heterocycles. The largest absolute Gasteiger partial charge is 0.477 e. The summed E-state index contributed by atoms with van der Waals surface area (Å²) >= 11 is 11.5. The zero-order valence-electron chi connectivity index (χ0n) is 10.0. The second-order valence-corrected chi connectivity index (χ2v) is 6.40. The third kappa shape index (κ3) is 3.29. The quantitative estimate of drug-likeness (QED) is 0.787. The van der Waals surface area contributed by atoms with Gasteiger partial charge in [-0.05, 0) is 18.2 Å². The van der Waals surface area contributed by atoms with Crippen molar-refractivity contribution < 1.29 is 22.7 Å². The minimum Gasteiger partial charge on any atom is -0.477 e. The molecule has 0 saturated carbocycles. The van der Waals surface area contributed by atoms with Crippen LogP contribution in [0.2, 0.25) is 10.0 Å². The summed E-state index contributed by atoms with van der Waals surface area (Å²) in [4.78, 5) is 12.7. The zero-order valence-corrected chi connectivity index (χ0v) is 12.4. The fraction of sp³-hybridized carbons (Fsp3) is 0. The van der Waals surface area contributed by atoms with E-state index in [1.54, 1.807) is 0 Å². The Hall–Kier alpha value is -1.77. The number of hydrogen-bond donors (Lipinski definition) is 3. The molecule has 112 valence electrons. The summed E-state index contributed by atoms with van der Waals surface area (Å²) in [6, 6.07) is 2.71. The first kappa shape index (κ1) is 15.6. The zero-order chi connectivity index (χ0) is 15.8. The van der Waals surface area contributed by atoms with Crippen LogP contribution in [0, 0.1) is 5.82 Å². The third-order valence-corrected chi connectivity index (χ3v) is 4.37. The summed E-state index contributed by atoms with van der Waals surface area (Å²) < 4.78 is 39.3. The molecule has 3 N–H and O–H groups in total. The van der Waals surface area contributed by atoms with E-state index >= 15 is 0 Å². The van der Waals surface area contributed by atoms with Crippen LogP contribution in [0.5, 0.6) is 0 Å². The van der Waals surface area contributed by atoms with Crippen LogP contribution in [-0.4, -0.2) is 24.5 Å². The van der Waals surface area contributed by atoms with Gasteiger partial charge in [0.2, 0.25) is 0 Å². The standard InChI is InChI=1S/C11H7Cl2FN2O4S/c12-7-1-5(14)2-8(13)10(7)16-21(19,20)6-3-9(11(17)18)15-4-6/h1-4,15-16H,(H,17,18). The number of hydrogen-bond acceptors (Lipinski definition) is 3. The maximum atomic E-state index is 13.0. The van der Waals surface area contributed by atoms with Crippen molar-refractivity contribution in [2.75, 3.05) is 4.72 Å². The lowest BCUT2D eigenvalue weighted by molar-refractivity contribution is 0.0691. The first-order chi connectivity index (χ1) is 9.70. The Bertz CT molecular complexity index is 796. The molecule has 0 aliphatic carbocycles. The molecule has 21 heavy (non-hydrogen) atoms. The third-order valence-electron chi connectivity index (χ3n) is 2.44. The number of aromatic amines is 1. The van der Waals surface area contributed by atoms with Crippen molar-refractivity contribution in [3.8, 4) is 0 Å². The van der Waals surface area contributed by atoms with Crippen LogP contribution < -0.4 is 4.72 Å². The Balaban J connectivity index is 2.40. The van der Waals surface area contributed by atoms with E-state index < -0.39 is 21.8 Å². The molecule has 0 fully saturated rings. The van der Waals surface area contributed by atoms with E-state index in [0.29, 0.717) is 0 Å². The molecule has 2 aromatic rings. The van der Waals surface area contributed by atoms with Crippen molar-refractivity contribution in [3.63, 3.8) is 0 Å². The highest BCUT2D eigenvalue weighted by atomic mass is 35.5. The van der Waals surface area contributed by atoms with E-state index in [0.717, 1.165) is 24.4 Å². The number of nitrogens with one attached hydrogen (secondary N) is 2. The van der Waals surface area contributed by atoms with Gasteiger partial charge in [-0.3, -0.25) is 4.72 Å². The van der Waals surface area contributed by atoms with Gasteiger partial charge in [0.25, 0.3) is 10.0 Å². The number of carbonyl (C=O) groups is 1. The predicted molar refractivity (Wildman–Crippen MR) is 75.0 cm³/mol. The molecule has 1 aromatic heterocycles. The highest BCUT2D eigenvalue weighted by Gasteiger charge is 2.21. The van der Waals surface area contributed by atoms with Crippen molar-refractivity contribution in [1.82, 2.24) is 4.98 Å². The number of sulfonamides is 1. The Morgan fingerprint density at radius 3 is 2.29 bits per heavy atom. The van der Waals surface area contributed by atoms with E-state index in [4.69, 9.17) is 28.3 Å². The number of H-pyrrole nitrogens is 1. The van der Waals surface area contributed by atoms with Gasteiger partial charge in [0, 0.05) is 6.20 Å². The Morgan fingerprint density at radius 2 is 1.81 bits per heavy atom. The number of benzene rings is 1. The highest BCUT2D eigenvalue weighted by molar-refractivity contribution is 7.92. The first-order valence-corrected chi connectivity index (χ1v) is 7.53. The molecular formula is C11H7Cl2FN2O4S. The molecule has 0 atom stereocenters. The van der Waals surface area contributed by atoms with Gasteiger partial charge in [0.1, 0.15) is 16.4 Å². The summed E-state index contributed by atoms with van der Waals surface area (Å²) in [6.07, 6.45) is 0.997. The summed E-state index contributed by atoms with van der Waals surface area (Å²) in [6.45, 7) is 0. The van der Waals surface area contributed by atoms with Crippen LogP contribution >= 0.6 is 23.2 Å². The lowest BCUT2D eigenvalue weighted by atomic mass is 10.3. The van der Waals surface area contributed by atoms with Gasteiger partial charge in [-0.2, -0.15) is 0 Å². The van der Waals surface area contributed by atoms with E-state index in [1.807, 2.05) is 0 Å². The minimum atomic E-state index is -4.12.